The molecule has 112 valence electrons. The van der Waals surface area contributed by atoms with Crippen molar-refractivity contribution < 1.29 is 24.4 Å². The second-order valence-electron chi connectivity index (χ2n) is 4.93. The van der Waals surface area contributed by atoms with Crippen molar-refractivity contribution in [3.05, 3.63) is 70.8 Å². The number of carboxylic acid groups (broad SMARTS) is 2. The van der Waals surface area contributed by atoms with Gasteiger partial charge in [0, 0.05) is 0 Å². The second-order valence-corrected chi connectivity index (χ2v) is 6.01. The number of hydrogen-bond donors (Lipinski definition) is 2. The van der Waals surface area contributed by atoms with Gasteiger partial charge >= 0.3 is 11.9 Å². The molecule has 2 aromatic rings. The molecule has 0 spiro atoms. The highest BCUT2D eigenvalue weighted by atomic mass is 31.1. The van der Waals surface area contributed by atoms with Gasteiger partial charge in [-0.1, -0.05) is 24.3 Å². The molecule has 0 saturated heterocycles. The van der Waals surface area contributed by atoms with Crippen molar-refractivity contribution >= 4 is 20.4 Å². The number of carbonyl (C=O) groups is 2. The summed E-state index contributed by atoms with van der Waals surface area (Å²) < 4.78 is 11.7. The van der Waals surface area contributed by atoms with E-state index >= 15 is 0 Å². The summed E-state index contributed by atoms with van der Waals surface area (Å²) in [4.78, 5) is 21.8. The van der Waals surface area contributed by atoms with Gasteiger partial charge in [0.2, 0.25) is 0 Å². The van der Waals surface area contributed by atoms with Crippen molar-refractivity contribution in [1.29, 1.82) is 0 Å². The molecule has 2 N–H and O–H groups in total. The highest BCUT2D eigenvalue weighted by Crippen LogP contribution is 2.41. The Labute approximate surface area is 128 Å². The van der Waals surface area contributed by atoms with E-state index in [-0.39, 0.29) is 19.6 Å². The van der Waals surface area contributed by atoms with Crippen LogP contribution in [-0.2, 0) is 9.72 Å². The Morgan fingerprint density at radius 2 is 1.14 bits per heavy atom. The first kappa shape index (κ1) is 15.9. The van der Waals surface area contributed by atoms with Crippen LogP contribution < -0.4 is 0 Å². The van der Waals surface area contributed by atoms with Gasteiger partial charge < -0.3 is 10.2 Å². The van der Waals surface area contributed by atoms with Gasteiger partial charge in [0.1, 0.15) is 0 Å². The number of benzene rings is 2. The van der Waals surface area contributed by atoms with E-state index in [1.165, 1.54) is 24.3 Å². The van der Waals surface area contributed by atoms with Crippen LogP contribution in [-0.4, -0.2) is 22.2 Å². The van der Waals surface area contributed by atoms with Gasteiger partial charge in [-0.15, -0.1) is 0 Å². The molecule has 0 radical (unpaired) electrons. The minimum absolute atomic E-state index is 0.148. The number of hydrogen-bond acceptors (Lipinski definition) is 3. The minimum Gasteiger partial charge on any atom is -0.478 e. The summed E-state index contributed by atoms with van der Waals surface area (Å²) in [6.45, 7) is 1.74. The minimum atomic E-state index is -1.03. The van der Waals surface area contributed by atoms with E-state index in [1.807, 2.05) is 0 Å². The topological polar surface area (TPSA) is 91.7 Å². The van der Waals surface area contributed by atoms with E-state index in [4.69, 9.17) is 10.2 Å². The van der Waals surface area contributed by atoms with Gasteiger partial charge in [0.15, 0.2) is 8.46 Å². The molecule has 5 nitrogen and oxygen atoms in total. The molecule has 2 rings (SSSR count). The third kappa shape index (κ3) is 2.90. The summed E-state index contributed by atoms with van der Waals surface area (Å²) in [5.41, 5.74) is 1.65. The maximum atomic E-state index is 11.7. The standard InChI is InChI=1S/C16H13O5P/c1-16(22-21,12-6-2-10(3-7-12)14(17)18)13-8-4-11(5-9-13)15(19)20/h2-9H,1H3,(H,17,18)(H,19,20). The monoisotopic (exact) mass is 316 g/mol. The van der Waals surface area contributed by atoms with Gasteiger partial charge in [0.05, 0.1) is 16.3 Å². The fourth-order valence-electron chi connectivity index (χ4n) is 2.15. The maximum Gasteiger partial charge on any atom is 0.335 e. The van der Waals surface area contributed by atoms with Crippen molar-refractivity contribution in [3.63, 3.8) is 0 Å². The van der Waals surface area contributed by atoms with Crippen molar-refractivity contribution in [2.45, 2.75) is 12.1 Å². The number of carboxylic acids is 2. The fourth-order valence-corrected chi connectivity index (χ4v) is 2.66. The molecular weight excluding hydrogens is 303 g/mol. The molecule has 6 heteroatoms. The molecule has 0 fully saturated rings. The van der Waals surface area contributed by atoms with E-state index < -0.39 is 17.1 Å². The summed E-state index contributed by atoms with van der Waals surface area (Å²) >= 11 is 0. The first-order valence-electron chi connectivity index (χ1n) is 6.40. The van der Waals surface area contributed by atoms with E-state index in [0.29, 0.717) is 11.1 Å². The van der Waals surface area contributed by atoms with Crippen LogP contribution in [0, 0.1) is 0 Å². The van der Waals surface area contributed by atoms with Crippen LogP contribution >= 0.6 is 8.46 Å². The average Bonchev–Trinajstić information content (AvgIpc) is 2.54. The van der Waals surface area contributed by atoms with Crippen LogP contribution in [0.2, 0.25) is 0 Å². The smallest absolute Gasteiger partial charge is 0.335 e. The molecule has 2 aromatic carbocycles. The molecule has 0 atom stereocenters. The summed E-state index contributed by atoms with van der Waals surface area (Å²) in [5, 5.41) is 17.0. The molecule has 0 aromatic heterocycles. The van der Waals surface area contributed by atoms with Crippen molar-refractivity contribution in [2.75, 3.05) is 0 Å². The third-order valence-corrected chi connectivity index (χ3v) is 4.45. The van der Waals surface area contributed by atoms with E-state index in [2.05, 4.69) is 0 Å². The Bertz CT molecular complexity index is 662. The van der Waals surface area contributed by atoms with Crippen LogP contribution in [0.4, 0.5) is 0 Å². The highest BCUT2D eigenvalue weighted by Gasteiger charge is 2.30. The average molecular weight is 316 g/mol. The Morgan fingerprint density at radius 1 is 0.818 bits per heavy atom. The first-order chi connectivity index (χ1) is 10.4. The fraction of sp³-hybridized carbons (Fsp3) is 0.125. The molecule has 0 amide bonds. The Kier molecular flexibility index (Phi) is 4.38. The van der Waals surface area contributed by atoms with Gasteiger partial charge in [-0.2, -0.15) is 0 Å². The van der Waals surface area contributed by atoms with Crippen LogP contribution in [0.25, 0.3) is 0 Å². The largest absolute Gasteiger partial charge is 0.478 e. The van der Waals surface area contributed by atoms with Gasteiger partial charge in [-0.05, 0) is 42.3 Å². The molecule has 0 bridgehead atoms. The molecule has 0 aliphatic rings. The van der Waals surface area contributed by atoms with E-state index in [9.17, 15) is 14.2 Å². The van der Waals surface area contributed by atoms with Crippen LogP contribution in [0.1, 0.15) is 38.8 Å². The summed E-state index contributed by atoms with van der Waals surface area (Å²) in [7, 11) is -0.172. The normalized spacial score (nSPS) is 11.3. The summed E-state index contributed by atoms with van der Waals surface area (Å²) in [6.07, 6.45) is 0. The molecule has 0 aliphatic heterocycles. The van der Waals surface area contributed by atoms with E-state index in [1.54, 1.807) is 31.2 Å². The lowest BCUT2D eigenvalue weighted by molar-refractivity contribution is 0.0686. The SMILES string of the molecule is CC(P=O)(c1ccc(C(=O)O)cc1)c1ccc(C(=O)O)cc1. The zero-order valence-electron chi connectivity index (χ0n) is 11.7. The van der Waals surface area contributed by atoms with E-state index in [0.717, 1.165) is 0 Å². The van der Waals surface area contributed by atoms with Crippen LogP contribution in [0.3, 0.4) is 0 Å². The molecule has 22 heavy (non-hydrogen) atoms. The maximum absolute atomic E-state index is 11.7. The first-order valence-corrected chi connectivity index (χ1v) is 7.22. The number of aromatic carboxylic acids is 2. The molecule has 0 unspecified atom stereocenters. The Hall–Kier alpha value is -2.52. The summed E-state index contributed by atoms with van der Waals surface area (Å²) in [5.74, 6) is -2.06. The van der Waals surface area contributed by atoms with Crippen LogP contribution in [0.15, 0.2) is 48.5 Å². The van der Waals surface area contributed by atoms with Crippen LogP contribution in [0.5, 0.6) is 0 Å². The second kappa shape index (κ2) is 6.08. The lowest BCUT2D eigenvalue weighted by Gasteiger charge is -2.23. The summed E-state index contributed by atoms with van der Waals surface area (Å²) in [6, 6.07) is 12.2. The van der Waals surface area contributed by atoms with Crippen molar-refractivity contribution in [3.8, 4) is 0 Å². The molecule has 0 saturated carbocycles. The zero-order chi connectivity index (χ0) is 16.3. The van der Waals surface area contributed by atoms with Crippen molar-refractivity contribution in [2.24, 2.45) is 0 Å². The molecular formula is C16H13O5P. The number of rotatable bonds is 5. The predicted octanol–water partition coefficient (Wildman–Crippen LogP) is 3.64. The predicted molar refractivity (Wildman–Crippen MR) is 80.9 cm³/mol. The highest BCUT2D eigenvalue weighted by molar-refractivity contribution is 7.25. The lowest BCUT2D eigenvalue weighted by Crippen LogP contribution is -2.16. The third-order valence-electron chi connectivity index (χ3n) is 3.57. The van der Waals surface area contributed by atoms with Gasteiger partial charge in [0.25, 0.3) is 0 Å². The zero-order valence-corrected chi connectivity index (χ0v) is 12.6. The Balaban J connectivity index is 2.45. The Morgan fingerprint density at radius 3 is 1.36 bits per heavy atom. The lowest BCUT2D eigenvalue weighted by atomic mass is 9.91. The quantitative estimate of drug-likeness (QED) is 0.822. The molecule has 0 heterocycles. The van der Waals surface area contributed by atoms with Gasteiger partial charge in [-0.3, -0.25) is 4.57 Å². The van der Waals surface area contributed by atoms with Gasteiger partial charge in [-0.25, -0.2) is 9.59 Å². The molecule has 0 aliphatic carbocycles. The van der Waals surface area contributed by atoms with Crippen molar-refractivity contribution in [1.82, 2.24) is 0 Å².